The van der Waals surface area contributed by atoms with E-state index in [9.17, 15) is 9.90 Å². The zero-order chi connectivity index (χ0) is 14.8. The quantitative estimate of drug-likeness (QED) is 0.782. The Bertz CT molecular complexity index is 776. The average Bonchev–Trinajstić information content (AvgIpc) is 3.07. The number of carbonyl (C=O) groups is 1. The van der Waals surface area contributed by atoms with Crippen LogP contribution in [0, 0.1) is 0 Å². The fourth-order valence-electron chi connectivity index (χ4n) is 2.18. The van der Waals surface area contributed by atoms with E-state index in [1.807, 2.05) is 43.6 Å². The Labute approximate surface area is 120 Å². The zero-order valence-corrected chi connectivity index (χ0v) is 11.3. The lowest BCUT2D eigenvalue weighted by Gasteiger charge is -2.06. The van der Waals surface area contributed by atoms with Gasteiger partial charge in [0.25, 0.3) is 0 Å². The molecule has 2 heterocycles. The molecule has 0 aliphatic carbocycles. The highest BCUT2D eigenvalue weighted by Gasteiger charge is 2.20. The van der Waals surface area contributed by atoms with Crippen LogP contribution >= 0.6 is 0 Å². The van der Waals surface area contributed by atoms with Crippen molar-refractivity contribution in [3.63, 3.8) is 0 Å². The minimum absolute atomic E-state index is 0.0508. The lowest BCUT2D eigenvalue weighted by atomic mass is 10.1. The fraction of sp³-hybridized carbons (Fsp3) is 0.143. The highest BCUT2D eigenvalue weighted by Crippen LogP contribution is 2.22. The van der Waals surface area contributed by atoms with Crippen LogP contribution in [0.2, 0.25) is 0 Å². The van der Waals surface area contributed by atoms with Gasteiger partial charge in [0.05, 0.1) is 12.7 Å². The summed E-state index contributed by atoms with van der Waals surface area (Å²) in [6.45, 7) is 0.415. The molecular weight excluding hydrogens is 270 g/mol. The Balaban J connectivity index is 2.07. The van der Waals surface area contributed by atoms with E-state index in [0.29, 0.717) is 12.2 Å². The number of carboxylic acids is 1. The Morgan fingerprint density at radius 2 is 2.05 bits per heavy atom. The van der Waals surface area contributed by atoms with Gasteiger partial charge in [-0.25, -0.2) is 9.48 Å². The molecule has 1 N–H and O–H groups in total. The van der Waals surface area contributed by atoms with Crippen LogP contribution < -0.4 is 0 Å². The molecule has 1 aromatic carbocycles. The highest BCUT2D eigenvalue weighted by atomic mass is 16.4. The predicted octanol–water partition coefficient (Wildman–Crippen LogP) is 1.43. The zero-order valence-electron chi connectivity index (χ0n) is 11.3. The first kappa shape index (κ1) is 13.0. The van der Waals surface area contributed by atoms with E-state index in [1.165, 1.54) is 0 Å². The number of carboxylic acid groups (broad SMARTS) is 1. The summed E-state index contributed by atoms with van der Waals surface area (Å²) in [5.41, 5.74) is 2.14. The number of benzene rings is 1. The van der Waals surface area contributed by atoms with Crippen LogP contribution in [-0.2, 0) is 13.6 Å². The number of nitrogens with zero attached hydrogens (tertiary/aromatic N) is 5. The summed E-state index contributed by atoms with van der Waals surface area (Å²) in [5.74, 6) is -1.09. The minimum Gasteiger partial charge on any atom is -0.476 e. The first-order valence-electron chi connectivity index (χ1n) is 6.35. The van der Waals surface area contributed by atoms with Crippen LogP contribution in [0.4, 0.5) is 0 Å². The Kier molecular flexibility index (Phi) is 3.23. The van der Waals surface area contributed by atoms with Gasteiger partial charge in [0.2, 0.25) is 0 Å². The molecule has 0 unspecified atom stereocenters. The number of hydrogen-bond acceptors (Lipinski definition) is 4. The van der Waals surface area contributed by atoms with Gasteiger partial charge in [-0.15, -0.1) is 5.10 Å². The third-order valence-corrected chi connectivity index (χ3v) is 3.08. The largest absolute Gasteiger partial charge is 0.476 e. The van der Waals surface area contributed by atoms with Gasteiger partial charge in [0, 0.05) is 24.4 Å². The van der Waals surface area contributed by atoms with E-state index in [1.54, 1.807) is 15.6 Å². The van der Waals surface area contributed by atoms with Crippen molar-refractivity contribution in [3.05, 3.63) is 54.0 Å². The van der Waals surface area contributed by atoms with Gasteiger partial charge < -0.3 is 5.11 Å². The van der Waals surface area contributed by atoms with Crippen molar-refractivity contribution in [2.24, 2.45) is 7.05 Å². The molecule has 0 aliphatic heterocycles. The molecule has 0 atom stereocenters. The lowest BCUT2D eigenvalue weighted by Crippen LogP contribution is -2.05. The summed E-state index contributed by atoms with van der Waals surface area (Å²) in [5, 5.41) is 21.1. The number of aryl methyl sites for hydroxylation is 1. The van der Waals surface area contributed by atoms with E-state index in [-0.39, 0.29) is 5.69 Å². The summed E-state index contributed by atoms with van der Waals surface area (Å²) < 4.78 is 3.27. The SMILES string of the molecule is Cn1cc(Cn2nnc(C(=O)O)c2-c2ccccc2)cn1. The van der Waals surface area contributed by atoms with E-state index in [0.717, 1.165) is 11.1 Å². The molecule has 3 rings (SSSR count). The van der Waals surface area contributed by atoms with Crippen LogP contribution in [0.15, 0.2) is 42.7 Å². The molecule has 7 heteroatoms. The van der Waals surface area contributed by atoms with Gasteiger partial charge in [-0.3, -0.25) is 4.68 Å². The molecule has 7 nitrogen and oxygen atoms in total. The van der Waals surface area contributed by atoms with Gasteiger partial charge in [-0.1, -0.05) is 35.5 Å². The van der Waals surface area contributed by atoms with Gasteiger partial charge in [-0.2, -0.15) is 5.10 Å². The van der Waals surface area contributed by atoms with Crippen LogP contribution in [0.1, 0.15) is 16.1 Å². The average molecular weight is 283 g/mol. The standard InChI is InChI=1S/C14H13N5O2/c1-18-8-10(7-15-18)9-19-13(11-5-3-2-4-6-11)12(14(20)21)16-17-19/h2-8H,9H2,1H3,(H,20,21). The maximum Gasteiger partial charge on any atom is 0.358 e. The van der Waals surface area contributed by atoms with Crippen molar-refractivity contribution in [2.75, 3.05) is 0 Å². The molecule has 0 spiro atoms. The molecule has 21 heavy (non-hydrogen) atoms. The maximum atomic E-state index is 11.3. The molecule has 2 aromatic heterocycles. The third kappa shape index (κ3) is 2.53. The van der Waals surface area contributed by atoms with Crippen LogP contribution in [-0.4, -0.2) is 35.9 Å². The van der Waals surface area contributed by atoms with Crippen LogP contribution in [0.25, 0.3) is 11.3 Å². The second-order valence-electron chi connectivity index (χ2n) is 4.64. The normalized spacial score (nSPS) is 10.7. The van der Waals surface area contributed by atoms with Crippen molar-refractivity contribution in [2.45, 2.75) is 6.54 Å². The third-order valence-electron chi connectivity index (χ3n) is 3.08. The summed E-state index contributed by atoms with van der Waals surface area (Å²) in [4.78, 5) is 11.3. The van der Waals surface area contributed by atoms with Gasteiger partial charge in [0.1, 0.15) is 5.69 Å². The van der Waals surface area contributed by atoms with Crippen molar-refractivity contribution in [1.29, 1.82) is 0 Å². The van der Waals surface area contributed by atoms with Crippen molar-refractivity contribution < 1.29 is 9.90 Å². The van der Waals surface area contributed by atoms with Gasteiger partial charge >= 0.3 is 5.97 Å². The minimum atomic E-state index is -1.09. The van der Waals surface area contributed by atoms with E-state index in [2.05, 4.69) is 15.4 Å². The summed E-state index contributed by atoms with van der Waals surface area (Å²) in [6, 6.07) is 9.25. The number of aromatic nitrogens is 5. The number of rotatable bonds is 4. The molecule has 106 valence electrons. The van der Waals surface area contributed by atoms with Gasteiger partial charge in [0.15, 0.2) is 5.69 Å². The first-order chi connectivity index (χ1) is 10.1. The van der Waals surface area contributed by atoms with E-state index in [4.69, 9.17) is 0 Å². The van der Waals surface area contributed by atoms with E-state index >= 15 is 0 Å². The molecular formula is C14H13N5O2. The van der Waals surface area contributed by atoms with E-state index < -0.39 is 5.97 Å². The smallest absolute Gasteiger partial charge is 0.358 e. The molecule has 0 amide bonds. The Morgan fingerprint density at radius 3 is 2.67 bits per heavy atom. The van der Waals surface area contributed by atoms with Crippen molar-refractivity contribution in [3.8, 4) is 11.3 Å². The topological polar surface area (TPSA) is 85.8 Å². The first-order valence-corrected chi connectivity index (χ1v) is 6.35. The second kappa shape index (κ2) is 5.20. The molecule has 0 bridgehead atoms. The maximum absolute atomic E-state index is 11.3. The molecule has 0 saturated heterocycles. The summed E-state index contributed by atoms with van der Waals surface area (Å²) in [6.07, 6.45) is 3.58. The Morgan fingerprint density at radius 1 is 1.29 bits per heavy atom. The van der Waals surface area contributed by atoms with Crippen LogP contribution in [0.5, 0.6) is 0 Å². The predicted molar refractivity (Wildman–Crippen MR) is 74.7 cm³/mol. The Hall–Kier alpha value is -2.96. The lowest BCUT2D eigenvalue weighted by molar-refractivity contribution is 0.0691. The monoisotopic (exact) mass is 283 g/mol. The number of aromatic carboxylic acids is 1. The fourth-order valence-corrected chi connectivity index (χ4v) is 2.18. The highest BCUT2D eigenvalue weighted by molar-refractivity contribution is 5.92. The molecule has 0 radical (unpaired) electrons. The molecule has 3 aromatic rings. The van der Waals surface area contributed by atoms with Crippen molar-refractivity contribution in [1.82, 2.24) is 24.8 Å². The van der Waals surface area contributed by atoms with Crippen molar-refractivity contribution >= 4 is 5.97 Å². The second-order valence-corrected chi connectivity index (χ2v) is 4.64. The molecule has 0 fully saturated rings. The number of hydrogen-bond donors (Lipinski definition) is 1. The summed E-state index contributed by atoms with van der Waals surface area (Å²) in [7, 11) is 1.83. The molecule has 0 saturated carbocycles. The molecule has 0 aliphatic rings. The van der Waals surface area contributed by atoms with Gasteiger partial charge in [-0.05, 0) is 0 Å². The summed E-state index contributed by atoms with van der Waals surface area (Å²) >= 11 is 0. The van der Waals surface area contributed by atoms with Crippen LogP contribution in [0.3, 0.4) is 0 Å².